The minimum atomic E-state index is -0.969. The molecule has 1 fully saturated rings. The Balaban J connectivity index is 1.80. The highest BCUT2D eigenvalue weighted by Crippen LogP contribution is 2.27. The molecule has 2 heterocycles. The molecule has 24 heavy (non-hydrogen) atoms. The van der Waals surface area contributed by atoms with Gasteiger partial charge in [0.15, 0.2) is 0 Å². The van der Waals surface area contributed by atoms with Crippen LogP contribution < -0.4 is 0 Å². The van der Waals surface area contributed by atoms with Gasteiger partial charge < -0.3 is 14.6 Å². The maximum atomic E-state index is 9.69. The summed E-state index contributed by atoms with van der Waals surface area (Å²) in [4.78, 5) is 6.95. The average Bonchev–Trinajstić information content (AvgIpc) is 3.03. The fraction of sp³-hybridized carbons (Fsp3) is 0.450. The van der Waals surface area contributed by atoms with Crippen molar-refractivity contribution >= 4 is 0 Å². The quantitative estimate of drug-likeness (QED) is 0.864. The first-order chi connectivity index (χ1) is 11.4. The molecule has 1 N–H and O–H groups in total. The molecular weight excluding hydrogens is 298 g/mol. The third-order valence-electron chi connectivity index (χ3n) is 4.41. The van der Waals surface area contributed by atoms with Gasteiger partial charge in [0.25, 0.3) is 0 Å². The van der Waals surface area contributed by atoms with E-state index < -0.39 is 5.60 Å². The number of hydrogen-bond acceptors (Lipinski definition) is 3. The van der Waals surface area contributed by atoms with Crippen molar-refractivity contribution in [3.8, 4) is 23.2 Å². The van der Waals surface area contributed by atoms with E-state index in [1.54, 1.807) is 13.8 Å². The van der Waals surface area contributed by atoms with Crippen LogP contribution in [0.2, 0.25) is 0 Å². The Morgan fingerprint density at radius 2 is 1.83 bits per heavy atom. The van der Waals surface area contributed by atoms with Gasteiger partial charge in [0, 0.05) is 29.6 Å². The third kappa shape index (κ3) is 4.05. The summed E-state index contributed by atoms with van der Waals surface area (Å²) in [5, 5.41) is 9.69. The minimum Gasteiger partial charge on any atom is -0.378 e. The number of aromatic nitrogens is 2. The normalized spacial score (nSPS) is 16.7. The smallest absolute Gasteiger partial charge is 0.140 e. The number of hydrogen-bond donors (Lipinski definition) is 1. The van der Waals surface area contributed by atoms with Crippen molar-refractivity contribution in [1.82, 2.24) is 14.5 Å². The van der Waals surface area contributed by atoms with E-state index in [0.29, 0.717) is 6.04 Å². The fourth-order valence-corrected chi connectivity index (χ4v) is 3.03. The predicted octanol–water partition coefficient (Wildman–Crippen LogP) is 2.94. The van der Waals surface area contributed by atoms with Crippen LogP contribution in [0.15, 0.2) is 36.7 Å². The van der Waals surface area contributed by atoms with Crippen molar-refractivity contribution in [3.05, 3.63) is 42.2 Å². The summed E-state index contributed by atoms with van der Waals surface area (Å²) in [5.41, 5.74) is 1.04. The Morgan fingerprint density at radius 1 is 1.17 bits per heavy atom. The van der Waals surface area contributed by atoms with Crippen LogP contribution in [0, 0.1) is 11.8 Å². The second-order valence-electron chi connectivity index (χ2n) is 7.08. The zero-order chi connectivity index (χ0) is 17.2. The third-order valence-corrected chi connectivity index (χ3v) is 4.41. The molecule has 4 nitrogen and oxygen atoms in total. The van der Waals surface area contributed by atoms with E-state index in [4.69, 9.17) is 0 Å². The summed E-state index contributed by atoms with van der Waals surface area (Å²) >= 11 is 0. The lowest BCUT2D eigenvalue weighted by molar-refractivity contribution is 0.143. The molecule has 0 aliphatic carbocycles. The van der Waals surface area contributed by atoms with E-state index in [9.17, 15) is 5.11 Å². The van der Waals surface area contributed by atoms with E-state index in [1.807, 2.05) is 18.3 Å². The lowest BCUT2D eigenvalue weighted by Crippen LogP contribution is -2.31. The molecule has 4 heteroatoms. The Hall–Kier alpha value is -2.09. The van der Waals surface area contributed by atoms with E-state index in [1.165, 1.54) is 0 Å². The van der Waals surface area contributed by atoms with E-state index in [-0.39, 0.29) is 0 Å². The van der Waals surface area contributed by atoms with E-state index in [2.05, 4.69) is 51.7 Å². The van der Waals surface area contributed by atoms with Gasteiger partial charge in [-0.15, -0.1) is 0 Å². The van der Waals surface area contributed by atoms with Crippen LogP contribution in [0.4, 0.5) is 0 Å². The maximum Gasteiger partial charge on any atom is 0.140 e. The van der Waals surface area contributed by atoms with Crippen molar-refractivity contribution in [1.29, 1.82) is 0 Å². The summed E-state index contributed by atoms with van der Waals surface area (Å²) in [7, 11) is 2.18. The number of aliphatic hydroxyl groups is 1. The van der Waals surface area contributed by atoms with Gasteiger partial charge in [-0.05, 0) is 59.0 Å². The standard InChI is InChI=1S/C20H25N3O/c1-20(2,24)11-8-16-4-6-17(7-5-16)19-21-12-15-23(19)18-9-13-22(3)14-10-18/h4-7,12,15,18,24H,9-10,13-14H2,1-3H3. The summed E-state index contributed by atoms with van der Waals surface area (Å²) < 4.78 is 2.31. The molecule has 0 atom stereocenters. The maximum absolute atomic E-state index is 9.69. The summed E-state index contributed by atoms with van der Waals surface area (Å²) in [5.74, 6) is 6.87. The van der Waals surface area contributed by atoms with Gasteiger partial charge >= 0.3 is 0 Å². The number of piperidine rings is 1. The van der Waals surface area contributed by atoms with E-state index in [0.717, 1.165) is 42.9 Å². The largest absolute Gasteiger partial charge is 0.378 e. The first-order valence-corrected chi connectivity index (χ1v) is 8.50. The van der Waals surface area contributed by atoms with Gasteiger partial charge in [-0.1, -0.05) is 24.0 Å². The summed E-state index contributed by atoms with van der Waals surface area (Å²) in [6, 6.07) is 8.61. The molecule has 126 valence electrons. The first-order valence-electron chi connectivity index (χ1n) is 8.50. The average molecular weight is 323 g/mol. The molecule has 0 radical (unpaired) electrons. The van der Waals surface area contributed by atoms with Gasteiger partial charge in [-0.2, -0.15) is 0 Å². The molecule has 0 amide bonds. The van der Waals surface area contributed by atoms with Gasteiger partial charge in [0.2, 0.25) is 0 Å². The highest BCUT2D eigenvalue weighted by atomic mass is 16.3. The van der Waals surface area contributed by atoms with Crippen LogP contribution in [0.5, 0.6) is 0 Å². The molecule has 2 aromatic rings. The molecule has 1 aromatic carbocycles. The van der Waals surface area contributed by atoms with Crippen LogP contribution in [0.25, 0.3) is 11.4 Å². The van der Waals surface area contributed by atoms with Crippen molar-refractivity contribution in [2.24, 2.45) is 0 Å². The van der Waals surface area contributed by atoms with E-state index >= 15 is 0 Å². The van der Waals surface area contributed by atoms with Crippen LogP contribution in [-0.2, 0) is 0 Å². The molecular formula is C20H25N3O. The Labute approximate surface area is 144 Å². The molecule has 1 saturated heterocycles. The first kappa shape index (κ1) is 16.8. The van der Waals surface area contributed by atoms with Crippen molar-refractivity contribution in [3.63, 3.8) is 0 Å². The second kappa shape index (κ2) is 6.80. The number of rotatable bonds is 2. The number of benzene rings is 1. The Morgan fingerprint density at radius 3 is 2.46 bits per heavy atom. The van der Waals surface area contributed by atoms with Crippen molar-refractivity contribution < 1.29 is 5.11 Å². The highest BCUT2D eigenvalue weighted by Gasteiger charge is 2.20. The molecule has 0 unspecified atom stereocenters. The zero-order valence-corrected chi connectivity index (χ0v) is 14.7. The van der Waals surface area contributed by atoms with Crippen LogP contribution in [0.3, 0.4) is 0 Å². The highest BCUT2D eigenvalue weighted by molar-refractivity contribution is 5.57. The molecule has 1 aliphatic heterocycles. The van der Waals surface area contributed by atoms with Gasteiger partial charge in [-0.3, -0.25) is 0 Å². The topological polar surface area (TPSA) is 41.3 Å². The number of nitrogens with zero attached hydrogens (tertiary/aromatic N) is 3. The summed E-state index contributed by atoms with van der Waals surface area (Å²) in [6.45, 7) is 5.64. The second-order valence-corrected chi connectivity index (χ2v) is 7.08. The van der Waals surface area contributed by atoms with Crippen LogP contribution in [0.1, 0.15) is 38.3 Å². The van der Waals surface area contributed by atoms with Gasteiger partial charge in [0.05, 0.1) is 0 Å². The molecule has 0 saturated carbocycles. The molecule has 0 bridgehead atoms. The monoisotopic (exact) mass is 323 g/mol. The van der Waals surface area contributed by atoms with Crippen LogP contribution in [-0.4, -0.2) is 45.3 Å². The lowest BCUT2D eigenvalue weighted by atomic mass is 10.0. The van der Waals surface area contributed by atoms with Crippen molar-refractivity contribution in [2.45, 2.75) is 38.3 Å². The van der Waals surface area contributed by atoms with Gasteiger partial charge in [-0.25, -0.2) is 4.98 Å². The zero-order valence-electron chi connectivity index (χ0n) is 14.7. The van der Waals surface area contributed by atoms with Gasteiger partial charge in [0.1, 0.15) is 11.4 Å². The molecule has 3 rings (SSSR count). The Kier molecular flexibility index (Phi) is 4.75. The molecule has 1 aromatic heterocycles. The molecule has 1 aliphatic rings. The van der Waals surface area contributed by atoms with Crippen LogP contribution >= 0.6 is 0 Å². The predicted molar refractivity (Wildman–Crippen MR) is 96.6 cm³/mol. The lowest BCUT2D eigenvalue weighted by Gasteiger charge is -2.30. The Bertz CT molecular complexity index is 736. The fourth-order valence-electron chi connectivity index (χ4n) is 3.03. The minimum absolute atomic E-state index is 0.522. The number of imidazole rings is 1. The number of likely N-dealkylation sites (tertiary alicyclic amines) is 1. The molecule has 0 spiro atoms. The summed E-state index contributed by atoms with van der Waals surface area (Å²) in [6.07, 6.45) is 6.30. The van der Waals surface area contributed by atoms with Crippen molar-refractivity contribution in [2.75, 3.05) is 20.1 Å². The SMILES string of the molecule is CN1CCC(n2ccnc2-c2ccc(C#CC(C)(C)O)cc2)CC1.